The molecule has 0 saturated heterocycles. The molecule has 0 atom stereocenters. The number of benzene rings is 2. The summed E-state index contributed by atoms with van der Waals surface area (Å²) in [6.45, 7) is 0. The van der Waals surface area contributed by atoms with E-state index in [2.05, 4.69) is 5.10 Å². The molecule has 1 heterocycles. The normalized spacial score (nSPS) is 12.2. The molecular formula is C18H14ClF3N2O3S. The zero-order valence-electron chi connectivity index (χ0n) is 14.7. The zero-order chi connectivity index (χ0) is 20.7. The molecule has 0 bridgehead atoms. The third-order valence-electron chi connectivity index (χ3n) is 3.96. The second kappa shape index (κ2) is 7.14. The van der Waals surface area contributed by atoms with Crippen molar-refractivity contribution in [2.45, 2.75) is 11.1 Å². The first-order valence-electron chi connectivity index (χ1n) is 7.82. The summed E-state index contributed by atoms with van der Waals surface area (Å²) in [5.74, 6) is 0.279. The Bertz CT molecular complexity index is 1120. The van der Waals surface area contributed by atoms with Crippen molar-refractivity contribution < 1.29 is 26.3 Å². The van der Waals surface area contributed by atoms with Crippen molar-refractivity contribution in [3.63, 3.8) is 0 Å². The third kappa shape index (κ3) is 4.00. The minimum Gasteiger partial charge on any atom is -0.495 e. The van der Waals surface area contributed by atoms with Crippen LogP contribution < -0.4 is 4.74 Å². The Morgan fingerprint density at radius 3 is 2.25 bits per heavy atom. The maximum absolute atomic E-state index is 13.2. The summed E-state index contributed by atoms with van der Waals surface area (Å²) in [6, 6.07) is 10.9. The molecule has 0 aliphatic carbocycles. The summed E-state index contributed by atoms with van der Waals surface area (Å²) >= 11 is 5.99. The van der Waals surface area contributed by atoms with Gasteiger partial charge >= 0.3 is 6.18 Å². The molecule has 3 rings (SSSR count). The highest BCUT2D eigenvalue weighted by Gasteiger charge is 2.35. The second-order valence-electron chi connectivity index (χ2n) is 5.94. The summed E-state index contributed by atoms with van der Waals surface area (Å²) in [4.78, 5) is 0.0616. The molecular weight excluding hydrogens is 417 g/mol. The molecule has 0 amide bonds. The van der Waals surface area contributed by atoms with Crippen LogP contribution in [0.5, 0.6) is 5.75 Å². The van der Waals surface area contributed by atoms with Crippen LogP contribution in [0.15, 0.2) is 53.4 Å². The standard InChI is InChI=1S/C18H14ClF3N2O3S/c1-27-16-9-12(5-8-14(16)19)24-15(10-17(23-24)18(20,21)22)11-3-6-13(7-4-11)28(2,25)26/h3-10H,1-2H3. The van der Waals surface area contributed by atoms with Crippen LogP contribution in [0, 0.1) is 0 Å². The van der Waals surface area contributed by atoms with Gasteiger partial charge in [0.25, 0.3) is 0 Å². The Morgan fingerprint density at radius 1 is 1.07 bits per heavy atom. The van der Waals surface area contributed by atoms with Crippen molar-refractivity contribution in [2.24, 2.45) is 0 Å². The number of halogens is 4. The van der Waals surface area contributed by atoms with Gasteiger partial charge in [-0.05, 0) is 30.3 Å². The van der Waals surface area contributed by atoms with Crippen molar-refractivity contribution in [3.05, 3.63) is 59.2 Å². The molecule has 148 valence electrons. The smallest absolute Gasteiger partial charge is 0.435 e. The number of hydrogen-bond donors (Lipinski definition) is 0. The Balaban J connectivity index is 2.19. The van der Waals surface area contributed by atoms with Gasteiger partial charge in [-0.1, -0.05) is 23.7 Å². The van der Waals surface area contributed by atoms with Crippen molar-refractivity contribution in [2.75, 3.05) is 13.4 Å². The van der Waals surface area contributed by atoms with Gasteiger partial charge in [-0.15, -0.1) is 0 Å². The van der Waals surface area contributed by atoms with E-state index in [0.717, 1.165) is 17.0 Å². The topological polar surface area (TPSA) is 61.2 Å². The fraction of sp³-hybridized carbons (Fsp3) is 0.167. The number of sulfone groups is 1. The quantitative estimate of drug-likeness (QED) is 0.605. The number of hydrogen-bond acceptors (Lipinski definition) is 4. The predicted molar refractivity (Wildman–Crippen MR) is 98.7 cm³/mol. The fourth-order valence-corrected chi connectivity index (χ4v) is 3.40. The van der Waals surface area contributed by atoms with Gasteiger partial charge in [0.15, 0.2) is 15.5 Å². The highest BCUT2D eigenvalue weighted by Crippen LogP contribution is 2.35. The van der Waals surface area contributed by atoms with Crippen molar-refractivity contribution in [1.29, 1.82) is 0 Å². The average molecular weight is 431 g/mol. The lowest BCUT2D eigenvalue weighted by molar-refractivity contribution is -0.141. The van der Waals surface area contributed by atoms with Crippen LogP contribution in [-0.4, -0.2) is 31.6 Å². The molecule has 0 unspecified atom stereocenters. The summed E-state index contributed by atoms with van der Waals surface area (Å²) in [6.07, 6.45) is -3.60. The van der Waals surface area contributed by atoms with Gasteiger partial charge in [0.05, 0.1) is 28.4 Å². The van der Waals surface area contributed by atoms with Gasteiger partial charge in [-0.3, -0.25) is 0 Å². The number of alkyl halides is 3. The third-order valence-corrected chi connectivity index (χ3v) is 5.40. The summed E-state index contributed by atoms with van der Waals surface area (Å²) < 4.78 is 69.2. The summed E-state index contributed by atoms with van der Waals surface area (Å²) in [5.41, 5.74) is -0.274. The minimum atomic E-state index is -4.65. The van der Waals surface area contributed by atoms with Crippen molar-refractivity contribution >= 4 is 21.4 Å². The van der Waals surface area contributed by atoms with Gasteiger partial charge in [0.2, 0.25) is 0 Å². The molecule has 10 heteroatoms. The summed E-state index contributed by atoms with van der Waals surface area (Å²) in [5, 5.41) is 3.98. The number of ether oxygens (including phenoxy) is 1. The van der Waals surface area contributed by atoms with Gasteiger partial charge in [0.1, 0.15) is 5.75 Å². The molecule has 0 N–H and O–H groups in total. The van der Waals surface area contributed by atoms with Crippen LogP contribution in [0.1, 0.15) is 5.69 Å². The first-order chi connectivity index (χ1) is 13.0. The molecule has 0 saturated carbocycles. The van der Waals surface area contributed by atoms with Crippen LogP contribution in [0.2, 0.25) is 5.02 Å². The molecule has 1 aromatic heterocycles. The van der Waals surface area contributed by atoms with E-state index in [4.69, 9.17) is 16.3 Å². The average Bonchev–Trinajstić information content (AvgIpc) is 3.07. The van der Waals surface area contributed by atoms with Crippen molar-refractivity contribution in [3.8, 4) is 22.7 Å². The molecule has 0 aliphatic rings. The van der Waals surface area contributed by atoms with E-state index in [-0.39, 0.29) is 16.3 Å². The lowest BCUT2D eigenvalue weighted by atomic mass is 10.1. The van der Waals surface area contributed by atoms with Gasteiger partial charge in [-0.25, -0.2) is 13.1 Å². The van der Waals surface area contributed by atoms with Crippen molar-refractivity contribution in [1.82, 2.24) is 9.78 Å². The molecule has 0 fully saturated rings. The van der Waals surface area contributed by atoms with E-state index in [1.165, 1.54) is 49.6 Å². The molecule has 0 spiro atoms. The lowest BCUT2D eigenvalue weighted by Gasteiger charge is -2.10. The SMILES string of the molecule is COc1cc(-n2nc(C(F)(F)F)cc2-c2ccc(S(C)(=O)=O)cc2)ccc1Cl. The predicted octanol–water partition coefficient (Wildman–Crippen LogP) is 4.62. The van der Waals surface area contributed by atoms with Gasteiger partial charge in [-0.2, -0.15) is 18.3 Å². The van der Waals surface area contributed by atoms with E-state index in [1.807, 2.05) is 0 Å². The number of nitrogens with zero attached hydrogens (tertiary/aromatic N) is 2. The monoisotopic (exact) mass is 430 g/mol. The van der Waals surface area contributed by atoms with Crippen LogP contribution in [0.25, 0.3) is 16.9 Å². The van der Waals surface area contributed by atoms with E-state index >= 15 is 0 Å². The Labute approximate surface area is 164 Å². The summed E-state index contributed by atoms with van der Waals surface area (Å²) in [7, 11) is -2.04. The minimum absolute atomic E-state index is 0.0616. The maximum atomic E-state index is 13.2. The zero-order valence-corrected chi connectivity index (χ0v) is 16.2. The van der Waals surface area contributed by atoms with Crippen LogP contribution in [0.3, 0.4) is 0 Å². The van der Waals surface area contributed by atoms with E-state index in [0.29, 0.717) is 16.3 Å². The second-order valence-corrected chi connectivity index (χ2v) is 8.36. The highest BCUT2D eigenvalue weighted by molar-refractivity contribution is 7.90. The first kappa shape index (κ1) is 20.2. The van der Waals surface area contributed by atoms with Crippen LogP contribution in [-0.2, 0) is 16.0 Å². The molecule has 2 aromatic carbocycles. The number of aromatic nitrogens is 2. The molecule has 0 radical (unpaired) electrons. The van der Waals surface area contributed by atoms with E-state index < -0.39 is 21.7 Å². The molecule has 5 nitrogen and oxygen atoms in total. The Morgan fingerprint density at radius 2 is 1.71 bits per heavy atom. The van der Waals surface area contributed by atoms with Crippen LogP contribution >= 0.6 is 11.6 Å². The molecule has 0 aliphatic heterocycles. The number of rotatable bonds is 4. The first-order valence-corrected chi connectivity index (χ1v) is 10.1. The lowest BCUT2D eigenvalue weighted by Crippen LogP contribution is -2.07. The Kier molecular flexibility index (Phi) is 5.16. The maximum Gasteiger partial charge on any atom is 0.435 e. The van der Waals surface area contributed by atoms with Gasteiger partial charge in [0, 0.05) is 17.9 Å². The molecule has 3 aromatic rings. The Hall–Kier alpha value is -2.52. The van der Waals surface area contributed by atoms with E-state index in [9.17, 15) is 21.6 Å². The molecule has 28 heavy (non-hydrogen) atoms. The van der Waals surface area contributed by atoms with Gasteiger partial charge < -0.3 is 4.74 Å². The van der Waals surface area contributed by atoms with E-state index in [1.54, 1.807) is 0 Å². The fourth-order valence-electron chi connectivity index (χ4n) is 2.58. The highest BCUT2D eigenvalue weighted by atomic mass is 35.5. The van der Waals surface area contributed by atoms with Crippen LogP contribution in [0.4, 0.5) is 13.2 Å². The largest absolute Gasteiger partial charge is 0.495 e. The number of methoxy groups -OCH3 is 1.